The van der Waals surface area contributed by atoms with Gasteiger partial charge in [-0.1, -0.05) is 11.8 Å². The van der Waals surface area contributed by atoms with Gasteiger partial charge in [0.15, 0.2) is 9.84 Å². The van der Waals surface area contributed by atoms with E-state index < -0.39 is 14.6 Å². The van der Waals surface area contributed by atoms with E-state index in [1.807, 2.05) is 7.05 Å². The summed E-state index contributed by atoms with van der Waals surface area (Å²) < 4.78 is 24.9. The topological polar surface area (TPSA) is 89.8 Å². The predicted octanol–water partition coefficient (Wildman–Crippen LogP) is 0.198. The van der Waals surface area contributed by atoms with E-state index in [2.05, 4.69) is 20.8 Å². The summed E-state index contributed by atoms with van der Waals surface area (Å²) in [5, 5.41) is 15.0. The van der Waals surface area contributed by atoms with Gasteiger partial charge in [0.25, 0.3) is 0 Å². The van der Waals surface area contributed by atoms with Crippen molar-refractivity contribution in [2.45, 2.75) is 37.2 Å². The van der Waals surface area contributed by atoms with Gasteiger partial charge in [-0.15, -0.1) is 5.10 Å². The first-order valence-corrected chi connectivity index (χ1v) is 8.67. The van der Waals surface area contributed by atoms with Crippen LogP contribution in [0.4, 0.5) is 0 Å². The maximum absolute atomic E-state index is 12.0. The van der Waals surface area contributed by atoms with Crippen molar-refractivity contribution in [2.75, 3.05) is 25.1 Å². The van der Waals surface area contributed by atoms with Crippen LogP contribution >= 0.6 is 11.8 Å². The van der Waals surface area contributed by atoms with Crippen molar-refractivity contribution in [1.82, 2.24) is 25.5 Å². The summed E-state index contributed by atoms with van der Waals surface area (Å²) >= 11 is 1.37. The SMILES string of the molecule is CNCCn1nnnc1SCCS(=O)(=O)C(C)(C)C. The second-order valence-corrected chi connectivity index (χ2v) is 8.99. The van der Waals surface area contributed by atoms with Gasteiger partial charge >= 0.3 is 0 Å². The van der Waals surface area contributed by atoms with Gasteiger partial charge in [0, 0.05) is 12.3 Å². The molecule has 0 amide bonds. The summed E-state index contributed by atoms with van der Waals surface area (Å²) in [5.41, 5.74) is 0. The van der Waals surface area contributed by atoms with Crippen LogP contribution in [-0.4, -0.2) is 58.5 Å². The molecule has 1 N–H and O–H groups in total. The van der Waals surface area contributed by atoms with E-state index in [1.165, 1.54) is 11.8 Å². The molecule has 0 spiro atoms. The number of hydrogen-bond donors (Lipinski definition) is 1. The standard InChI is InChI=1S/C10H21N5O2S2/c1-10(2,3)19(16,17)8-7-18-9-12-13-14-15(9)6-5-11-4/h11H,5-8H2,1-4H3. The minimum Gasteiger partial charge on any atom is -0.318 e. The molecule has 0 unspecified atom stereocenters. The van der Waals surface area contributed by atoms with E-state index in [-0.39, 0.29) is 5.75 Å². The molecule has 0 radical (unpaired) electrons. The Kier molecular flexibility index (Phi) is 5.75. The normalized spacial score (nSPS) is 12.8. The van der Waals surface area contributed by atoms with E-state index in [1.54, 1.807) is 25.5 Å². The molecule has 0 saturated heterocycles. The molecule has 1 heterocycles. The van der Waals surface area contributed by atoms with Crippen LogP contribution in [0.5, 0.6) is 0 Å². The van der Waals surface area contributed by atoms with Gasteiger partial charge in [0.1, 0.15) is 0 Å². The van der Waals surface area contributed by atoms with E-state index in [0.29, 0.717) is 17.5 Å². The summed E-state index contributed by atoms with van der Waals surface area (Å²) in [4.78, 5) is 0. The van der Waals surface area contributed by atoms with Crippen LogP contribution < -0.4 is 5.32 Å². The van der Waals surface area contributed by atoms with E-state index in [4.69, 9.17) is 0 Å². The maximum Gasteiger partial charge on any atom is 0.209 e. The molecule has 0 atom stereocenters. The summed E-state index contributed by atoms with van der Waals surface area (Å²) in [5.74, 6) is 0.583. The Morgan fingerprint density at radius 2 is 2.05 bits per heavy atom. The Bertz CT molecular complexity index is 492. The Hall–Kier alpha value is -0.670. The number of sulfone groups is 1. The van der Waals surface area contributed by atoms with Gasteiger partial charge in [-0.05, 0) is 38.2 Å². The van der Waals surface area contributed by atoms with Crippen LogP contribution in [0, 0.1) is 0 Å². The molecule has 1 rings (SSSR count). The summed E-state index contributed by atoms with van der Waals surface area (Å²) in [6.07, 6.45) is 0. The van der Waals surface area contributed by atoms with Crippen molar-refractivity contribution in [3.8, 4) is 0 Å². The van der Waals surface area contributed by atoms with Gasteiger partial charge in [-0.25, -0.2) is 13.1 Å². The fraction of sp³-hybridized carbons (Fsp3) is 0.900. The van der Waals surface area contributed by atoms with Crippen LogP contribution in [0.1, 0.15) is 20.8 Å². The van der Waals surface area contributed by atoms with Gasteiger partial charge in [0.05, 0.1) is 17.0 Å². The fourth-order valence-electron chi connectivity index (χ4n) is 1.21. The number of rotatable bonds is 7. The molecule has 0 aliphatic rings. The number of hydrogen-bond acceptors (Lipinski definition) is 7. The third kappa shape index (κ3) is 4.73. The molecule has 0 saturated carbocycles. The van der Waals surface area contributed by atoms with Gasteiger partial charge in [0.2, 0.25) is 5.16 Å². The number of tetrazole rings is 1. The second kappa shape index (κ2) is 6.67. The molecule has 9 heteroatoms. The maximum atomic E-state index is 12.0. The minimum atomic E-state index is -3.09. The lowest BCUT2D eigenvalue weighted by Crippen LogP contribution is -2.31. The van der Waals surface area contributed by atoms with Crippen LogP contribution in [-0.2, 0) is 16.4 Å². The minimum absolute atomic E-state index is 0.125. The second-order valence-electron chi connectivity index (χ2n) is 5.07. The first kappa shape index (κ1) is 16.4. The average Bonchev–Trinajstić information content (AvgIpc) is 2.72. The fourth-order valence-corrected chi connectivity index (χ4v) is 3.58. The molecule has 0 aromatic carbocycles. The highest BCUT2D eigenvalue weighted by molar-refractivity contribution is 8.00. The van der Waals surface area contributed by atoms with E-state index in [0.717, 1.165) is 6.54 Å². The Balaban J connectivity index is 2.52. The molecular weight excluding hydrogens is 286 g/mol. The Labute approximate surface area is 118 Å². The molecule has 7 nitrogen and oxygen atoms in total. The molecule has 0 fully saturated rings. The monoisotopic (exact) mass is 307 g/mol. The molecule has 110 valence electrons. The third-order valence-electron chi connectivity index (χ3n) is 2.59. The molecule has 19 heavy (non-hydrogen) atoms. The van der Waals surface area contributed by atoms with Crippen molar-refractivity contribution >= 4 is 21.6 Å². The highest BCUT2D eigenvalue weighted by Crippen LogP contribution is 2.19. The van der Waals surface area contributed by atoms with Crippen molar-refractivity contribution in [2.24, 2.45) is 0 Å². The van der Waals surface area contributed by atoms with Crippen LogP contribution in [0.25, 0.3) is 0 Å². The third-order valence-corrected chi connectivity index (χ3v) is 6.41. The lowest BCUT2D eigenvalue weighted by atomic mass is 10.3. The number of likely N-dealkylation sites (N-methyl/N-ethyl adjacent to an activating group) is 1. The van der Waals surface area contributed by atoms with Gasteiger partial charge in [-0.3, -0.25) is 0 Å². The number of nitrogens with zero attached hydrogens (tertiary/aromatic N) is 4. The van der Waals surface area contributed by atoms with Crippen molar-refractivity contribution in [1.29, 1.82) is 0 Å². The predicted molar refractivity (Wildman–Crippen MR) is 76.0 cm³/mol. The molecule has 0 bridgehead atoms. The molecule has 0 aliphatic carbocycles. The molecular formula is C10H21N5O2S2. The van der Waals surface area contributed by atoms with Crippen LogP contribution in [0.3, 0.4) is 0 Å². The molecule has 1 aromatic heterocycles. The van der Waals surface area contributed by atoms with Gasteiger partial charge < -0.3 is 5.32 Å². The highest BCUT2D eigenvalue weighted by Gasteiger charge is 2.28. The summed E-state index contributed by atoms with van der Waals surface area (Å²) in [6, 6.07) is 0. The molecule has 1 aromatic rings. The zero-order chi connectivity index (χ0) is 14.5. The van der Waals surface area contributed by atoms with E-state index >= 15 is 0 Å². The Morgan fingerprint density at radius 1 is 1.37 bits per heavy atom. The first-order chi connectivity index (χ1) is 8.78. The Morgan fingerprint density at radius 3 is 2.63 bits per heavy atom. The quantitative estimate of drug-likeness (QED) is 0.720. The van der Waals surface area contributed by atoms with Crippen molar-refractivity contribution < 1.29 is 8.42 Å². The summed E-state index contributed by atoms with van der Waals surface area (Å²) in [7, 11) is -1.24. The lowest BCUT2D eigenvalue weighted by molar-refractivity contribution is 0.530. The van der Waals surface area contributed by atoms with E-state index in [9.17, 15) is 8.42 Å². The zero-order valence-electron chi connectivity index (χ0n) is 11.8. The number of nitrogens with one attached hydrogen (secondary N) is 1. The summed E-state index contributed by atoms with van der Waals surface area (Å²) in [6.45, 7) is 6.56. The smallest absolute Gasteiger partial charge is 0.209 e. The number of thioether (sulfide) groups is 1. The van der Waals surface area contributed by atoms with Crippen molar-refractivity contribution in [3.63, 3.8) is 0 Å². The largest absolute Gasteiger partial charge is 0.318 e. The van der Waals surface area contributed by atoms with Crippen molar-refractivity contribution in [3.05, 3.63) is 0 Å². The van der Waals surface area contributed by atoms with Gasteiger partial charge in [-0.2, -0.15) is 0 Å². The van der Waals surface area contributed by atoms with Crippen LogP contribution in [0.2, 0.25) is 0 Å². The highest BCUT2D eigenvalue weighted by atomic mass is 32.2. The lowest BCUT2D eigenvalue weighted by Gasteiger charge is -2.18. The molecule has 0 aliphatic heterocycles. The van der Waals surface area contributed by atoms with Crippen LogP contribution in [0.15, 0.2) is 5.16 Å². The number of aromatic nitrogens is 4. The first-order valence-electron chi connectivity index (χ1n) is 6.04. The zero-order valence-corrected chi connectivity index (χ0v) is 13.4. The average molecular weight is 307 g/mol.